The predicted molar refractivity (Wildman–Crippen MR) is 104 cm³/mol. The first-order valence-corrected chi connectivity index (χ1v) is 8.86. The Balaban J connectivity index is 2.32. The van der Waals surface area contributed by atoms with Crippen molar-refractivity contribution in [1.82, 2.24) is 5.32 Å². The minimum atomic E-state index is -0.420. The van der Waals surface area contributed by atoms with Crippen molar-refractivity contribution < 1.29 is 14.3 Å². The summed E-state index contributed by atoms with van der Waals surface area (Å²) in [6.45, 7) is 5.65. The first-order chi connectivity index (χ1) is 12.2. The zero-order valence-corrected chi connectivity index (χ0v) is 16.2. The number of benzene rings is 2. The number of hydrogen-bond acceptors (Lipinski definition) is 3. The van der Waals surface area contributed by atoms with Gasteiger partial charge in [-0.1, -0.05) is 37.6 Å². The first-order valence-electron chi connectivity index (χ1n) is 8.48. The number of hydrogen-bond donors (Lipinski definition) is 3. The molecule has 0 unspecified atom stereocenters. The minimum absolute atomic E-state index is 0.0295. The van der Waals surface area contributed by atoms with Crippen LogP contribution in [0.15, 0.2) is 24.3 Å². The molecule has 3 N–H and O–H groups in total. The molecule has 26 heavy (non-hydrogen) atoms. The fourth-order valence-electron chi connectivity index (χ4n) is 2.78. The summed E-state index contributed by atoms with van der Waals surface area (Å²) in [6, 6.07) is 6.90. The molecular weight excluding hydrogens is 355 g/mol. The Hall–Kier alpha value is -2.27. The number of anilines is 1. The molecule has 0 radical (unpaired) electrons. The zero-order valence-electron chi connectivity index (χ0n) is 15.4. The normalized spacial score (nSPS) is 10.9. The average molecular weight is 379 g/mol. The van der Waals surface area contributed by atoms with E-state index in [0.29, 0.717) is 22.6 Å². The molecule has 0 spiro atoms. The maximum atomic E-state index is 14.7. The Labute approximate surface area is 158 Å². The summed E-state index contributed by atoms with van der Waals surface area (Å²) in [7, 11) is 1.52. The molecule has 0 aliphatic heterocycles. The van der Waals surface area contributed by atoms with Gasteiger partial charge in [0.2, 0.25) is 5.91 Å². The molecule has 0 atom stereocenters. The van der Waals surface area contributed by atoms with Gasteiger partial charge in [-0.05, 0) is 53.6 Å². The van der Waals surface area contributed by atoms with E-state index in [0.717, 1.165) is 11.1 Å². The Morgan fingerprint density at radius 3 is 2.62 bits per heavy atom. The summed E-state index contributed by atoms with van der Waals surface area (Å²) in [5.41, 5.74) is 3.13. The molecular formula is C20H24ClFN2O2. The molecule has 140 valence electrons. The number of carbonyl (C=O) groups excluding carboxylic acids is 1. The average Bonchev–Trinajstić information content (AvgIpc) is 2.61. The van der Waals surface area contributed by atoms with E-state index in [1.807, 2.05) is 26.0 Å². The van der Waals surface area contributed by atoms with Crippen molar-refractivity contribution >= 4 is 23.2 Å². The van der Waals surface area contributed by atoms with Crippen molar-refractivity contribution in [3.05, 3.63) is 57.4 Å². The van der Waals surface area contributed by atoms with Gasteiger partial charge in [-0.3, -0.25) is 4.79 Å². The van der Waals surface area contributed by atoms with Gasteiger partial charge in [0.05, 0.1) is 12.2 Å². The quantitative estimate of drug-likeness (QED) is 0.699. The Bertz CT molecular complexity index is 822. The lowest BCUT2D eigenvalue weighted by Crippen LogP contribution is -2.26. The van der Waals surface area contributed by atoms with Crippen molar-refractivity contribution in [3.8, 4) is 5.75 Å². The SMILES string of the molecule is CNC(=O)CNc1cc(Cl)c(Cc2ccc(O)c(C(C)C)c2)c(C)c1F. The van der Waals surface area contributed by atoms with Gasteiger partial charge in [-0.15, -0.1) is 0 Å². The largest absolute Gasteiger partial charge is 0.508 e. The van der Waals surface area contributed by atoms with Crippen LogP contribution in [0.25, 0.3) is 0 Å². The number of likely N-dealkylation sites (N-methyl/N-ethyl adjacent to an activating group) is 1. The van der Waals surface area contributed by atoms with E-state index in [4.69, 9.17) is 11.6 Å². The van der Waals surface area contributed by atoms with Gasteiger partial charge < -0.3 is 15.7 Å². The number of phenols is 1. The van der Waals surface area contributed by atoms with Gasteiger partial charge in [0.25, 0.3) is 0 Å². The highest BCUT2D eigenvalue weighted by molar-refractivity contribution is 6.31. The van der Waals surface area contributed by atoms with E-state index in [2.05, 4.69) is 10.6 Å². The van der Waals surface area contributed by atoms with E-state index in [1.165, 1.54) is 13.1 Å². The maximum absolute atomic E-state index is 14.7. The lowest BCUT2D eigenvalue weighted by Gasteiger charge is -2.16. The summed E-state index contributed by atoms with van der Waals surface area (Å²) < 4.78 is 14.7. The summed E-state index contributed by atoms with van der Waals surface area (Å²) in [4.78, 5) is 11.3. The van der Waals surface area contributed by atoms with Crippen LogP contribution in [0.1, 0.15) is 42.0 Å². The second-order valence-corrected chi connectivity index (χ2v) is 6.98. The Kier molecular flexibility index (Phi) is 6.48. The van der Waals surface area contributed by atoms with Gasteiger partial charge in [-0.25, -0.2) is 4.39 Å². The van der Waals surface area contributed by atoms with E-state index in [9.17, 15) is 14.3 Å². The zero-order chi connectivity index (χ0) is 19.4. The number of phenolic OH excluding ortho intramolecular Hbond substituents is 1. The van der Waals surface area contributed by atoms with Gasteiger partial charge in [0.1, 0.15) is 11.6 Å². The topological polar surface area (TPSA) is 61.4 Å². The molecule has 0 fully saturated rings. The third-order valence-corrected chi connectivity index (χ3v) is 4.73. The van der Waals surface area contributed by atoms with Crippen LogP contribution in [0, 0.1) is 12.7 Å². The van der Waals surface area contributed by atoms with Gasteiger partial charge in [-0.2, -0.15) is 0 Å². The number of aromatic hydroxyl groups is 1. The smallest absolute Gasteiger partial charge is 0.239 e. The van der Waals surface area contributed by atoms with E-state index in [-0.39, 0.29) is 29.8 Å². The molecule has 2 aromatic carbocycles. The van der Waals surface area contributed by atoms with Crippen LogP contribution in [0.5, 0.6) is 5.75 Å². The molecule has 0 aliphatic rings. The number of nitrogens with one attached hydrogen (secondary N) is 2. The van der Waals surface area contributed by atoms with Crippen molar-refractivity contribution in [2.24, 2.45) is 0 Å². The fourth-order valence-corrected chi connectivity index (χ4v) is 3.10. The van der Waals surface area contributed by atoms with E-state index >= 15 is 0 Å². The molecule has 4 nitrogen and oxygen atoms in total. The highest BCUT2D eigenvalue weighted by Gasteiger charge is 2.16. The van der Waals surface area contributed by atoms with Gasteiger partial charge in [0.15, 0.2) is 0 Å². The minimum Gasteiger partial charge on any atom is -0.508 e. The van der Waals surface area contributed by atoms with Crippen LogP contribution < -0.4 is 10.6 Å². The number of halogens is 2. The maximum Gasteiger partial charge on any atom is 0.239 e. The lowest BCUT2D eigenvalue weighted by atomic mass is 9.94. The van der Waals surface area contributed by atoms with Crippen LogP contribution >= 0.6 is 11.6 Å². The number of carbonyl (C=O) groups is 1. The predicted octanol–water partition coefficient (Wildman–Crippen LogP) is 4.37. The third-order valence-electron chi connectivity index (χ3n) is 4.39. The molecule has 0 bridgehead atoms. The van der Waals surface area contributed by atoms with E-state index < -0.39 is 5.82 Å². The number of rotatable bonds is 6. The van der Waals surface area contributed by atoms with E-state index in [1.54, 1.807) is 13.0 Å². The molecule has 1 amide bonds. The van der Waals surface area contributed by atoms with Crippen molar-refractivity contribution in [1.29, 1.82) is 0 Å². The van der Waals surface area contributed by atoms with Gasteiger partial charge in [0, 0.05) is 12.1 Å². The van der Waals surface area contributed by atoms with Crippen LogP contribution in [-0.4, -0.2) is 24.6 Å². The Morgan fingerprint density at radius 2 is 2.00 bits per heavy atom. The summed E-state index contributed by atoms with van der Waals surface area (Å²) in [5.74, 6) is -0.227. The standard InChI is InChI=1S/C20H24ClFN2O2/c1-11(2)14-7-13(5-6-18(14)25)8-15-12(3)20(22)17(9-16(15)21)24-10-19(26)23-4/h5-7,9,11,24-25H,8,10H2,1-4H3,(H,23,26). The van der Waals surface area contributed by atoms with Crippen molar-refractivity contribution in [3.63, 3.8) is 0 Å². The molecule has 2 aromatic rings. The van der Waals surface area contributed by atoms with Crippen molar-refractivity contribution in [2.75, 3.05) is 18.9 Å². The second-order valence-electron chi connectivity index (χ2n) is 6.57. The molecule has 0 aromatic heterocycles. The lowest BCUT2D eigenvalue weighted by molar-refractivity contribution is -0.118. The molecule has 2 rings (SSSR count). The van der Waals surface area contributed by atoms with Gasteiger partial charge >= 0.3 is 0 Å². The van der Waals surface area contributed by atoms with Crippen LogP contribution in [0.2, 0.25) is 5.02 Å². The Morgan fingerprint density at radius 1 is 1.31 bits per heavy atom. The highest BCUT2D eigenvalue weighted by Crippen LogP contribution is 2.32. The molecule has 0 saturated carbocycles. The highest BCUT2D eigenvalue weighted by atomic mass is 35.5. The third kappa shape index (κ3) is 4.47. The second kappa shape index (κ2) is 8.41. The summed E-state index contributed by atoms with van der Waals surface area (Å²) in [6.07, 6.45) is 0.456. The fraction of sp³-hybridized carbons (Fsp3) is 0.350. The summed E-state index contributed by atoms with van der Waals surface area (Å²) in [5, 5.41) is 15.6. The number of amides is 1. The van der Waals surface area contributed by atoms with Crippen molar-refractivity contribution in [2.45, 2.75) is 33.1 Å². The molecule has 0 saturated heterocycles. The van der Waals surface area contributed by atoms with Crippen LogP contribution in [0.3, 0.4) is 0 Å². The van der Waals surface area contributed by atoms with Crippen LogP contribution in [0.4, 0.5) is 10.1 Å². The summed E-state index contributed by atoms with van der Waals surface area (Å²) >= 11 is 6.38. The molecule has 6 heteroatoms. The monoisotopic (exact) mass is 378 g/mol. The first kappa shape index (κ1) is 20.0. The molecule has 0 aliphatic carbocycles. The molecule has 0 heterocycles. The van der Waals surface area contributed by atoms with Crippen LogP contribution in [-0.2, 0) is 11.2 Å².